The predicted molar refractivity (Wildman–Crippen MR) is 88.9 cm³/mol. The SMILES string of the molecule is CCN(CC)C(=O)c1ccc(C(O)c2cccc(C)c2)cc1. The molecule has 0 aliphatic carbocycles. The van der Waals surface area contributed by atoms with Gasteiger partial charge in [-0.25, -0.2) is 0 Å². The van der Waals surface area contributed by atoms with E-state index in [2.05, 4.69) is 0 Å². The summed E-state index contributed by atoms with van der Waals surface area (Å²) < 4.78 is 0. The van der Waals surface area contributed by atoms with E-state index in [4.69, 9.17) is 0 Å². The van der Waals surface area contributed by atoms with Crippen LogP contribution in [0.25, 0.3) is 0 Å². The Morgan fingerprint density at radius 2 is 1.68 bits per heavy atom. The molecule has 0 bridgehead atoms. The first-order valence-electron chi connectivity index (χ1n) is 7.70. The van der Waals surface area contributed by atoms with Crippen LogP contribution in [-0.4, -0.2) is 29.0 Å². The van der Waals surface area contributed by atoms with Gasteiger partial charge in [0.1, 0.15) is 6.10 Å². The molecule has 2 rings (SSSR count). The number of aryl methyl sites for hydroxylation is 1. The number of nitrogens with zero attached hydrogens (tertiary/aromatic N) is 1. The highest BCUT2D eigenvalue weighted by Crippen LogP contribution is 2.23. The van der Waals surface area contributed by atoms with E-state index in [0.717, 1.165) is 16.7 Å². The minimum absolute atomic E-state index is 0.0293. The van der Waals surface area contributed by atoms with Crippen LogP contribution in [0.4, 0.5) is 0 Å². The minimum atomic E-state index is -0.669. The number of carbonyl (C=O) groups is 1. The summed E-state index contributed by atoms with van der Waals surface area (Å²) >= 11 is 0. The van der Waals surface area contributed by atoms with Crippen molar-refractivity contribution in [3.05, 3.63) is 70.8 Å². The van der Waals surface area contributed by atoms with E-state index in [1.807, 2.05) is 57.2 Å². The number of carbonyl (C=O) groups excluding carboxylic acids is 1. The zero-order valence-corrected chi connectivity index (χ0v) is 13.4. The Morgan fingerprint density at radius 3 is 2.23 bits per heavy atom. The molecule has 1 amide bonds. The molecule has 1 atom stereocenters. The molecule has 0 heterocycles. The second-order valence-corrected chi connectivity index (χ2v) is 5.42. The fraction of sp³-hybridized carbons (Fsp3) is 0.316. The fourth-order valence-corrected chi connectivity index (χ4v) is 2.53. The number of aliphatic hydroxyl groups excluding tert-OH is 1. The summed E-state index contributed by atoms with van der Waals surface area (Å²) in [6, 6.07) is 15.0. The molecular weight excluding hydrogens is 274 g/mol. The van der Waals surface area contributed by atoms with Gasteiger partial charge in [-0.15, -0.1) is 0 Å². The molecule has 0 aromatic heterocycles. The topological polar surface area (TPSA) is 40.5 Å². The number of hydrogen-bond donors (Lipinski definition) is 1. The Kier molecular flexibility index (Phi) is 5.34. The van der Waals surface area contributed by atoms with Crippen LogP contribution in [0.1, 0.15) is 47.0 Å². The van der Waals surface area contributed by atoms with Crippen LogP contribution in [-0.2, 0) is 0 Å². The van der Waals surface area contributed by atoms with Crippen LogP contribution >= 0.6 is 0 Å². The average Bonchev–Trinajstić information content (AvgIpc) is 2.55. The summed E-state index contributed by atoms with van der Waals surface area (Å²) in [5, 5.41) is 10.5. The van der Waals surface area contributed by atoms with Crippen LogP contribution in [0, 0.1) is 6.92 Å². The zero-order chi connectivity index (χ0) is 16.1. The van der Waals surface area contributed by atoms with Gasteiger partial charge in [0, 0.05) is 18.7 Å². The molecule has 2 aromatic rings. The lowest BCUT2D eigenvalue weighted by Crippen LogP contribution is -2.30. The zero-order valence-electron chi connectivity index (χ0n) is 13.4. The summed E-state index contributed by atoms with van der Waals surface area (Å²) in [5.74, 6) is 0.0293. The van der Waals surface area contributed by atoms with Crippen molar-refractivity contribution in [3.63, 3.8) is 0 Å². The van der Waals surface area contributed by atoms with Crippen molar-refractivity contribution in [2.24, 2.45) is 0 Å². The lowest BCUT2D eigenvalue weighted by Gasteiger charge is -2.19. The second kappa shape index (κ2) is 7.23. The Labute approximate surface area is 132 Å². The average molecular weight is 297 g/mol. The van der Waals surface area contributed by atoms with Gasteiger partial charge in [0.05, 0.1) is 0 Å². The molecule has 0 fully saturated rings. The smallest absolute Gasteiger partial charge is 0.253 e. The standard InChI is InChI=1S/C19H23NO2/c1-4-20(5-2)19(22)16-11-9-15(10-12-16)18(21)17-8-6-7-14(3)13-17/h6-13,18,21H,4-5H2,1-3H3. The van der Waals surface area contributed by atoms with Crippen LogP contribution in [0.2, 0.25) is 0 Å². The highest BCUT2D eigenvalue weighted by atomic mass is 16.3. The second-order valence-electron chi connectivity index (χ2n) is 5.42. The molecule has 22 heavy (non-hydrogen) atoms. The van der Waals surface area contributed by atoms with E-state index in [1.54, 1.807) is 17.0 Å². The van der Waals surface area contributed by atoms with E-state index in [1.165, 1.54) is 0 Å². The van der Waals surface area contributed by atoms with Gasteiger partial charge in [-0.05, 0) is 44.0 Å². The lowest BCUT2D eigenvalue weighted by molar-refractivity contribution is 0.0773. The number of rotatable bonds is 5. The molecule has 0 aliphatic rings. The van der Waals surface area contributed by atoms with Gasteiger partial charge in [0.25, 0.3) is 5.91 Å². The summed E-state index contributed by atoms with van der Waals surface area (Å²) in [4.78, 5) is 14.0. The summed E-state index contributed by atoms with van der Waals surface area (Å²) in [7, 11) is 0. The molecule has 1 N–H and O–H groups in total. The maximum Gasteiger partial charge on any atom is 0.253 e. The van der Waals surface area contributed by atoms with E-state index >= 15 is 0 Å². The first-order valence-corrected chi connectivity index (χ1v) is 7.70. The summed E-state index contributed by atoms with van der Waals surface area (Å²) in [6.07, 6.45) is -0.669. The molecule has 3 heteroatoms. The lowest BCUT2D eigenvalue weighted by atomic mass is 9.99. The predicted octanol–water partition coefficient (Wildman–Crippen LogP) is 3.56. The van der Waals surface area contributed by atoms with Crippen molar-refractivity contribution in [3.8, 4) is 0 Å². The van der Waals surface area contributed by atoms with Gasteiger partial charge in [-0.2, -0.15) is 0 Å². The van der Waals surface area contributed by atoms with Gasteiger partial charge in [-0.3, -0.25) is 4.79 Å². The van der Waals surface area contributed by atoms with Crippen molar-refractivity contribution in [1.29, 1.82) is 0 Å². The van der Waals surface area contributed by atoms with E-state index in [0.29, 0.717) is 18.7 Å². The third-order valence-corrected chi connectivity index (χ3v) is 3.88. The van der Waals surface area contributed by atoms with Crippen molar-refractivity contribution in [2.45, 2.75) is 26.9 Å². The van der Waals surface area contributed by atoms with Crippen molar-refractivity contribution in [2.75, 3.05) is 13.1 Å². The summed E-state index contributed by atoms with van der Waals surface area (Å²) in [6.45, 7) is 7.34. The monoisotopic (exact) mass is 297 g/mol. The molecule has 3 nitrogen and oxygen atoms in total. The molecular formula is C19H23NO2. The third-order valence-electron chi connectivity index (χ3n) is 3.88. The molecule has 0 aliphatic heterocycles. The van der Waals surface area contributed by atoms with Crippen LogP contribution < -0.4 is 0 Å². The van der Waals surface area contributed by atoms with Crippen molar-refractivity contribution < 1.29 is 9.90 Å². The quantitative estimate of drug-likeness (QED) is 0.916. The molecule has 116 valence electrons. The molecule has 1 unspecified atom stereocenters. The molecule has 2 aromatic carbocycles. The first-order chi connectivity index (χ1) is 10.6. The van der Waals surface area contributed by atoms with Gasteiger partial charge >= 0.3 is 0 Å². The summed E-state index contributed by atoms with van der Waals surface area (Å²) in [5.41, 5.74) is 3.43. The van der Waals surface area contributed by atoms with E-state index in [9.17, 15) is 9.90 Å². The fourth-order valence-electron chi connectivity index (χ4n) is 2.53. The van der Waals surface area contributed by atoms with Crippen LogP contribution in [0.5, 0.6) is 0 Å². The Bertz CT molecular complexity index is 630. The number of amides is 1. The largest absolute Gasteiger partial charge is 0.384 e. The number of aliphatic hydroxyl groups is 1. The minimum Gasteiger partial charge on any atom is -0.384 e. The highest BCUT2D eigenvalue weighted by molar-refractivity contribution is 5.94. The Hall–Kier alpha value is -2.13. The number of hydrogen-bond acceptors (Lipinski definition) is 2. The Morgan fingerprint density at radius 1 is 1.05 bits per heavy atom. The van der Waals surface area contributed by atoms with Crippen molar-refractivity contribution >= 4 is 5.91 Å². The van der Waals surface area contributed by atoms with Gasteiger partial charge < -0.3 is 10.0 Å². The Balaban J connectivity index is 2.20. The van der Waals surface area contributed by atoms with E-state index < -0.39 is 6.10 Å². The maximum atomic E-state index is 12.3. The van der Waals surface area contributed by atoms with Gasteiger partial charge in [0.2, 0.25) is 0 Å². The highest BCUT2D eigenvalue weighted by Gasteiger charge is 2.14. The van der Waals surface area contributed by atoms with Crippen molar-refractivity contribution in [1.82, 2.24) is 4.90 Å². The molecule has 0 spiro atoms. The van der Waals surface area contributed by atoms with Crippen LogP contribution in [0.15, 0.2) is 48.5 Å². The van der Waals surface area contributed by atoms with E-state index in [-0.39, 0.29) is 5.91 Å². The third kappa shape index (κ3) is 3.55. The number of benzene rings is 2. The molecule has 0 saturated carbocycles. The maximum absolute atomic E-state index is 12.3. The van der Waals surface area contributed by atoms with Gasteiger partial charge in [-0.1, -0.05) is 42.0 Å². The van der Waals surface area contributed by atoms with Crippen LogP contribution in [0.3, 0.4) is 0 Å². The first kappa shape index (κ1) is 16.2. The normalized spacial score (nSPS) is 12.0. The molecule has 0 radical (unpaired) electrons. The molecule has 0 saturated heterocycles. The van der Waals surface area contributed by atoms with Gasteiger partial charge in [0.15, 0.2) is 0 Å².